The molecule has 2 N–H and O–H groups in total. The quantitative estimate of drug-likeness (QED) is 0.887. The van der Waals surface area contributed by atoms with Crippen LogP contribution < -0.4 is 15.2 Å². The first-order valence-corrected chi connectivity index (χ1v) is 7.25. The number of nitrogens with two attached hydrogens (primary N) is 1. The molecule has 3 nitrogen and oxygen atoms in total. The first kappa shape index (κ1) is 15.8. The summed E-state index contributed by atoms with van der Waals surface area (Å²) in [6.07, 6.45) is 0.390. The van der Waals surface area contributed by atoms with Crippen LogP contribution in [0.3, 0.4) is 0 Å². The third-order valence-electron chi connectivity index (χ3n) is 3.25. The van der Waals surface area contributed by atoms with E-state index in [0.717, 1.165) is 10.0 Å². The molecule has 2 aromatic rings. The Kier molecular flexibility index (Phi) is 5.20. The number of halogens is 2. The molecule has 2 aromatic carbocycles. The van der Waals surface area contributed by atoms with E-state index in [1.165, 1.54) is 6.07 Å². The van der Waals surface area contributed by atoms with Crippen LogP contribution in [-0.2, 0) is 6.42 Å². The van der Waals surface area contributed by atoms with Crippen LogP contribution in [0.2, 0.25) is 0 Å². The second-order valence-corrected chi connectivity index (χ2v) is 5.61. The minimum atomic E-state index is -0.349. The largest absolute Gasteiger partial charge is 0.497 e. The molecule has 0 aliphatic rings. The van der Waals surface area contributed by atoms with E-state index in [0.29, 0.717) is 23.5 Å². The van der Waals surface area contributed by atoms with Crippen molar-refractivity contribution in [3.05, 3.63) is 57.8 Å². The Balaban J connectivity index is 2.27. The highest BCUT2D eigenvalue weighted by Gasteiger charge is 2.13. The highest BCUT2D eigenvalue weighted by atomic mass is 79.9. The van der Waals surface area contributed by atoms with E-state index in [1.807, 2.05) is 12.1 Å². The molecule has 0 heterocycles. The van der Waals surface area contributed by atoms with E-state index in [9.17, 15) is 4.39 Å². The zero-order chi connectivity index (χ0) is 15.4. The zero-order valence-corrected chi connectivity index (χ0v) is 13.5. The molecule has 0 amide bonds. The summed E-state index contributed by atoms with van der Waals surface area (Å²) in [5, 5.41) is 0. The van der Waals surface area contributed by atoms with Gasteiger partial charge in [0.1, 0.15) is 17.3 Å². The molecule has 0 aliphatic heterocycles. The maximum atomic E-state index is 13.8. The van der Waals surface area contributed by atoms with Crippen LogP contribution in [0.5, 0.6) is 11.5 Å². The third-order valence-corrected chi connectivity index (χ3v) is 3.74. The van der Waals surface area contributed by atoms with Gasteiger partial charge in [-0.05, 0) is 47.9 Å². The van der Waals surface area contributed by atoms with Crippen molar-refractivity contribution in [3.63, 3.8) is 0 Å². The van der Waals surface area contributed by atoms with E-state index in [2.05, 4.69) is 15.9 Å². The molecule has 0 saturated heterocycles. The fraction of sp³-hybridized carbons (Fsp3) is 0.250. The summed E-state index contributed by atoms with van der Waals surface area (Å²) >= 11 is 3.34. The maximum absolute atomic E-state index is 13.8. The Morgan fingerprint density at radius 3 is 2.29 bits per heavy atom. The SMILES string of the molecule is COc1cc(OC)cc(C(N)Cc2cc(Br)ccc2F)c1. The number of methoxy groups -OCH3 is 2. The average Bonchev–Trinajstić information content (AvgIpc) is 2.50. The van der Waals surface area contributed by atoms with Crippen molar-refractivity contribution in [1.29, 1.82) is 0 Å². The first-order chi connectivity index (χ1) is 10.0. The van der Waals surface area contributed by atoms with Gasteiger partial charge in [-0.25, -0.2) is 4.39 Å². The fourth-order valence-electron chi connectivity index (χ4n) is 2.10. The highest BCUT2D eigenvalue weighted by Crippen LogP contribution is 2.28. The molecule has 5 heteroatoms. The molecule has 0 fully saturated rings. The lowest BCUT2D eigenvalue weighted by atomic mass is 9.99. The Morgan fingerprint density at radius 1 is 1.10 bits per heavy atom. The fourth-order valence-corrected chi connectivity index (χ4v) is 2.51. The predicted octanol–water partition coefficient (Wildman–Crippen LogP) is 3.85. The molecule has 0 bridgehead atoms. The van der Waals surface area contributed by atoms with Crippen LogP contribution in [0.15, 0.2) is 40.9 Å². The Bertz CT molecular complexity index is 611. The number of benzene rings is 2. The minimum absolute atomic E-state index is 0.261. The third kappa shape index (κ3) is 3.95. The number of hydrogen-bond acceptors (Lipinski definition) is 3. The van der Waals surface area contributed by atoms with Crippen LogP contribution in [0.4, 0.5) is 4.39 Å². The average molecular weight is 354 g/mol. The smallest absolute Gasteiger partial charge is 0.126 e. The summed E-state index contributed by atoms with van der Waals surface area (Å²) in [7, 11) is 3.16. The molecule has 0 spiro atoms. The number of rotatable bonds is 5. The Labute approximate surface area is 132 Å². The molecule has 1 unspecified atom stereocenters. The van der Waals surface area contributed by atoms with Gasteiger partial charge in [0.25, 0.3) is 0 Å². The molecule has 0 radical (unpaired) electrons. The monoisotopic (exact) mass is 353 g/mol. The Hall–Kier alpha value is -1.59. The van der Waals surface area contributed by atoms with Gasteiger partial charge in [-0.1, -0.05) is 15.9 Å². The summed E-state index contributed by atoms with van der Waals surface area (Å²) < 4.78 is 25.1. The summed E-state index contributed by atoms with van der Waals surface area (Å²) in [6, 6.07) is 9.93. The maximum Gasteiger partial charge on any atom is 0.126 e. The molecular formula is C16H17BrFNO2. The van der Waals surface area contributed by atoms with Crippen molar-refractivity contribution < 1.29 is 13.9 Å². The van der Waals surface area contributed by atoms with Gasteiger partial charge in [-0.3, -0.25) is 0 Å². The van der Waals surface area contributed by atoms with Gasteiger partial charge in [-0.15, -0.1) is 0 Å². The summed E-state index contributed by atoms with van der Waals surface area (Å²) in [5.41, 5.74) is 7.61. The second-order valence-electron chi connectivity index (χ2n) is 4.69. The van der Waals surface area contributed by atoms with Gasteiger partial charge in [0, 0.05) is 16.6 Å². The van der Waals surface area contributed by atoms with Gasteiger partial charge < -0.3 is 15.2 Å². The molecule has 1 atom stereocenters. The summed E-state index contributed by atoms with van der Waals surface area (Å²) in [5.74, 6) is 1.06. The lowest BCUT2D eigenvalue weighted by Gasteiger charge is -2.15. The molecule has 2 rings (SSSR count). The zero-order valence-electron chi connectivity index (χ0n) is 11.9. The van der Waals surface area contributed by atoms with Crippen LogP contribution in [-0.4, -0.2) is 14.2 Å². The normalized spacial score (nSPS) is 12.0. The van der Waals surface area contributed by atoms with Crippen LogP contribution in [0.25, 0.3) is 0 Å². The minimum Gasteiger partial charge on any atom is -0.497 e. The van der Waals surface area contributed by atoms with E-state index >= 15 is 0 Å². The lowest BCUT2D eigenvalue weighted by molar-refractivity contribution is 0.392. The highest BCUT2D eigenvalue weighted by molar-refractivity contribution is 9.10. The summed E-state index contributed by atoms with van der Waals surface area (Å²) in [6.45, 7) is 0. The number of hydrogen-bond donors (Lipinski definition) is 1. The van der Waals surface area contributed by atoms with Gasteiger partial charge in [0.15, 0.2) is 0 Å². The van der Waals surface area contributed by atoms with Crippen LogP contribution in [0, 0.1) is 5.82 Å². The van der Waals surface area contributed by atoms with Crippen molar-refractivity contribution >= 4 is 15.9 Å². The second kappa shape index (κ2) is 6.91. The molecule has 21 heavy (non-hydrogen) atoms. The lowest BCUT2D eigenvalue weighted by Crippen LogP contribution is -2.14. The van der Waals surface area contributed by atoms with Crippen LogP contribution in [0.1, 0.15) is 17.2 Å². The standard InChI is InChI=1S/C16H17BrFNO2/c1-20-13-6-11(7-14(9-13)21-2)16(19)8-10-5-12(17)3-4-15(10)18/h3-7,9,16H,8,19H2,1-2H3. The summed E-state index contributed by atoms with van der Waals surface area (Å²) in [4.78, 5) is 0. The van der Waals surface area contributed by atoms with E-state index < -0.39 is 0 Å². The molecule has 112 valence electrons. The molecule has 0 aromatic heterocycles. The number of ether oxygens (including phenoxy) is 2. The predicted molar refractivity (Wildman–Crippen MR) is 84.3 cm³/mol. The van der Waals surface area contributed by atoms with E-state index in [4.69, 9.17) is 15.2 Å². The molecular weight excluding hydrogens is 337 g/mol. The van der Waals surface area contributed by atoms with Crippen molar-refractivity contribution in [1.82, 2.24) is 0 Å². The van der Waals surface area contributed by atoms with Crippen molar-refractivity contribution in [2.45, 2.75) is 12.5 Å². The van der Waals surface area contributed by atoms with E-state index in [-0.39, 0.29) is 11.9 Å². The van der Waals surface area contributed by atoms with Gasteiger partial charge in [-0.2, -0.15) is 0 Å². The van der Waals surface area contributed by atoms with Crippen molar-refractivity contribution in [2.75, 3.05) is 14.2 Å². The molecule has 0 saturated carbocycles. The first-order valence-electron chi connectivity index (χ1n) is 6.46. The topological polar surface area (TPSA) is 44.5 Å². The van der Waals surface area contributed by atoms with Gasteiger partial charge in [0.2, 0.25) is 0 Å². The van der Waals surface area contributed by atoms with Gasteiger partial charge in [0.05, 0.1) is 14.2 Å². The van der Waals surface area contributed by atoms with Crippen molar-refractivity contribution in [3.8, 4) is 11.5 Å². The Morgan fingerprint density at radius 2 is 1.71 bits per heavy atom. The van der Waals surface area contributed by atoms with Crippen molar-refractivity contribution in [2.24, 2.45) is 5.73 Å². The van der Waals surface area contributed by atoms with Crippen LogP contribution >= 0.6 is 15.9 Å². The van der Waals surface area contributed by atoms with Gasteiger partial charge >= 0.3 is 0 Å². The molecule has 0 aliphatic carbocycles. The van der Waals surface area contributed by atoms with E-state index in [1.54, 1.807) is 32.4 Å².